The molecular formula is C4H6FeNaO4. The molecule has 0 aromatic carbocycles. The second kappa shape index (κ2) is 9.46. The van der Waals surface area contributed by atoms with Gasteiger partial charge in [-0.05, 0) is 0 Å². The van der Waals surface area contributed by atoms with Gasteiger partial charge in [0.25, 0.3) is 0 Å². The van der Waals surface area contributed by atoms with Crippen LogP contribution < -0.4 is 0 Å². The van der Waals surface area contributed by atoms with Crippen molar-refractivity contribution in [3.05, 3.63) is 0 Å². The minimum absolute atomic E-state index is 0. The third-order valence-corrected chi connectivity index (χ3v) is 0.553. The summed E-state index contributed by atoms with van der Waals surface area (Å²) < 4.78 is 0. The van der Waals surface area contributed by atoms with Crippen LogP contribution in [0.3, 0.4) is 0 Å². The van der Waals surface area contributed by atoms with E-state index in [9.17, 15) is 9.59 Å². The summed E-state index contributed by atoms with van der Waals surface area (Å²) in [5.74, 6) is -2.15. The zero-order valence-corrected chi connectivity index (χ0v) is 8.58. The number of carbonyl (C=O) groups is 2. The fourth-order valence-corrected chi connectivity index (χ4v) is 0.214. The summed E-state index contributed by atoms with van der Waals surface area (Å²) in [6.45, 7) is 0. The van der Waals surface area contributed by atoms with Crippen LogP contribution in [0.15, 0.2) is 0 Å². The van der Waals surface area contributed by atoms with Crippen molar-refractivity contribution in [3.8, 4) is 0 Å². The van der Waals surface area contributed by atoms with Crippen LogP contribution in [0.2, 0.25) is 0 Å². The van der Waals surface area contributed by atoms with Crippen LogP contribution in [0, 0.1) is 0 Å². The van der Waals surface area contributed by atoms with Crippen molar-refractivity contribution in [2.75, 3.05) is 0 Å². The van der Waals surface area contributed by atoms with Gasteiger partial charge in [0.05, 0.1) is 12.8 Å². The van der Waals surface area contributed by atoms with Gasteiger partial charge in [0.2, 0.25) is 0 Å². The van der Waals surface area contributed by atoms with Crippen LogP contribution in [0.5, 0.6) is 0 Å². The molecule has 0 aromatic rings. The molecule has 1 radical (unpaired) electrons. The topological polar surface area (TPSA) is 74.6 Å². The standard InChI is InChI=1S/C4H6O4.Fe.Na/c5-3(6)1-2-4(7)8;;/h1-2H2,(H,5,6)(H,7,8);;. The van der Waals surface area contributed by atoms with Crippen LogP contribution in [0.25, 0.3) is 0 Å². The minimum Gasteiger partial charge on any atom is -0.481 e. The molecule has 0 bridgehead atoms. The van der Waals surface area contributed by atoms with E-state index >= 15 is 0 Å². The monoisotopic (exact) mass is 197 g/mol. The summed E-state index contributed by atoms with van der Waals surface area (Å²) in [6, 6.07) is 0. The van der Waals surface area contributed by atoms with Gasteiger partial charge >= 0.3 is 11.9 Å². The smallest absolute Gasteiger partial charge is 0.303 e. The molecule has 0 spiro atoms. The summed E-state index contributed by atoms with van der Waals surface area (Å²) in [4.78, 5) is 19.3. The second-order valence-electron chi connectivity index (χ2n) is 1.29. The largest absolute Gasteiger partial charge is 0.481 e. The van der Waals surface area contributed by atoms with Gasteiger partial charge in [-0.1, -0.05) is 0 Å². The van der Waals surface area contributed by atoms with Gasteiger partial charge in [-0.3, -0.25) is 9.59 Å². The zero-order chi connectivity index (χ0) is 6.57. The van der Waals surface area contributed by atoms with Gasteiger partial charge in [0, 0.05) is 46.6 Å². The van der Waals surface area contributed by atoms with Crippen molar-refractivity contribution < 1.29 is 36.9 Å². The molecule has 0 aliphatic rings. The predicted octanol–water partition coefficient (Wildman–Crippen LogP) is -0.448. The molecule has 0 unspecified atom stereocenters. The Morgan fingerprint density at radius 3 is 1.30 bits per heavy atom. The average Bonchev–Trinajstić information content (AvgIpc) is 1.61. The average molecular weight is 197 g/mol. The molecular weight excluding hydrogens is 191 g/mol. The third kappa shape index (κ3) is 15.8. The van der Waals surface area contributed by atoms with E-state index in [-0.39, 0.29) is 59.5 Å². The van der Waals surface area contributed by atoms with Crippen molar-refractivity contribution in [2.24, 2.45) is 0 Å². The zero-order valence-electron chi connectivity index (χ0n) is 5.48. The van der Waals surface area contributed by atoms with E-state index in [1.807, 2.05) is 0 Å². The SMILES string of the molecule is O=C(O)CCC(=O)O.[Fe].[Na]. The Labute approximate surface area is 90.8 Å². The molecule has 0 saturated heterocycles. The van der Waals surface area contributed by atoms with E-state index in [4.69, 9.17) is 10.2 Å². The summed E-state index contributed by atoms with van der Waals surface area (Å²) >= 11 is 0. The van der Waals surface area contributed by atoms with Crippen LogP contribution in [-0.2, 0) is 26.7 Å². The van der Waals surface area contributed by atoms with E-state index in [2.05, 4.69) is 0 Å². The number of aliphatic carboxylic acids is 2. The maximum absolute atomic E-state index is 9.64. The Morgan fingerprint density at radius 2 is 1.20 bits per heavy atom. The van der Waals surface area contributed by atoms with Crippen LogP contribution in [0.4, 0.5) is 0 Å². The summed E-state index contributed by atoms with van der Waals surface area (Å²) in [5, 5.41) is 15.8. The molecule has 0 rings (SSSR count). The third-order valence-electron chi connectivity index (χ3n) is 0.553. The maximum atomic E-state index is 9.64. The van der Waals surface area contributed by atoms with Crippen LogP contribution >= 0.6 is 0 Å². The first-order valence-corrected chi connectivity index (χ1v) is 2.06. The number of rotatable bonds is 3. The molecule has 0 aromatic heterocycles. The summed E-state index contributed by atoms with van der Waals surface area (Å²) in [6.07, 6.45) is -0.593. The summed E-state index contributed by atoms with van der Waals surface area (Å²) in [7, 11) is 0. The number of hydrogen-bond donors (Lipinski definition) is 2. The molecule has 55 valence electrons. The molecule has 10 heavy (non-hydrogen) atoms. The first kappa shape index (κ1) is 16.8. The second-order valence-corrected chi connectivity index (χ2v) is 1.29. The fraction of sp³-hybridized carbons (Fsp3) is 0.500. The molecule has 0 heterocycles. The van der Waals surface area contributed by atoms with Crippen LogP contribution in [0.1, 0.15) is 12.8 Å². The Hall–Kier alpha value is 0.459. The number of carboxylic acids is 2. The fourth-order valence-electron chi connectivity index (χ4n) is 0.214. The Morgan fingerprint density at radius 1 is 1.00 bits per heavy atom. The van der Waals surface area contributed by atoms with E-state index in [1.54, 1.807) is 0 Å². The van der Waals surface area contributed by atoms with Gasteiger partial charge in [0.15, 0.2) is 0 Å². The quantitative estimate of drug-likeness (QED) is 0.601. The van der Waals surface area contributed by atoms with E-state index in [0.717, 1.165) is 0 Å². The van der Waals surface area contributed by atoms with Crippen molar-refractivity contribution in [1.82, 2.24) is 0 Å². The Balaban J connectivity index is -0.000000245. The van der Waals surface area contributed by atoms with Crippen LogP contribution in [-0.4, -0.2) is 51.7 Å². The first-order valence-electron chi connectivity index (χ1n) is 2.06. The van der Waals surface area contributed by atoms with Gasteiger partial charge in [-0.25, -0.2) is 0 Å². The Kier molecular flexibility index (Phi) is 15.9. The normalized spacial score (nSPS) is 6.80. The maximum Gasteiger partial charge on any atom is 0.303 e. The van der Waals surface area contributed by atoms with Crippen molar-refractivity contribution in [1.29, 1.82) is 0 Å². The van der Waals surface area contributed by atoms with Crippen molar-refractivity contribution in [3.63, 3.8) is 0 Å². The van der Waals surface area contributed by atoms with Gasteiger partial charge < -0.3 is 10.2 Å². The first-order chi connectivity index (χ1) is 3.63. The van der Waals surface area contributed by atoms with E-state index in [1.165, 1.54) is 0 Å². The Bertz CT molecular complexity index is 102. The predicted molar refractivity (Wildman–Crippen MR) is 30.3 cm³/mol. The molecule has 0 atom stereocenters. The van der Waals surface area contributed by atoms with Gasteiger partial charge in [-0.2, -0.15) is 0 Å². The molecule has 6 heteroatoms. The van der Waals surface area contributed by atoms with Gasteiger partial charge in [0.1, 0.15) is 0 Å². The molecule has 0 saturated carbocycles. The van der Waals surface area contributed by atoms with Crippen molar-refractivity contribution >= 4 is 41.5 Å². The molecule has 0 aliphatic heterocycles. The van der Waals surface area contributed by atoms with E-state index in [0.29, 0.717) is 0 Å². The van der Waals surface area contributed by atoms with Gasteiger partial charge in [-0.15, -0.1) is 0 Å². The number of hydrogen-bond acceptors (Lipinski definition) is 2. The molecule has 2 N–H and O–H groups in total. The summed E-state index contributed by atoms with van der Waals surface area (Å²) in [5.41, 5.74) is 0. The molecule has 0 aliphatic carbocycles. The van der Waals surface area contributed by atoms with Crippen molar-refractivity contribution in [2.45, 2.75) is 12.8 Å². The molecule has 0 amide bonds. The number of carboxylic acid groups (broad SMARTS) is 2. The molecule has 4 nitrogen and oxygen atoms in total. The van der Waals surface area contributed by atoms with E-state index < -0.39 is 11.9 Å². The molecule has 0 fully saturated rings. The minimum atomic E-state index is -1.08.